The number of thiophene rings is 2. The van der Waals surface area contributed by atoms with E-state index in [2.05, 4.69) is 29.8 Å². The van der Waals surface area contributed by atoms with Gasteiger partial charge in [-0.2, -0.15) is 0 Å². The number of oxime groups is 4. The van der Waals surface area contributed by atoms with Gasteiger partial charge in [0.25, 0.3) is 0 Å². The SMILES string of the molecule is CC(=O)O/N=C(/CCCCCCCC/C(=N/OC(C)=O)c1ccc2c(c1)c1cc(C(=O)c3cccs3)ccc1n2-c1ccc(/C(C)=N/OC(C)=O)cc1)c1ccc2c(c1)c1cc(C(=O)c3cccs3)ccc1n2-c1ccc(/C(C)=N/OC(C)=O)cc1. The van der Waals surface area contributed by atoms with Crippen LogP contribution in [0.25, 0.3) is 55.0 Å². The Morgan fingerprint density at radius 2 is 0.663 bits per heavy atom. The van der Waals surface area contributed by atoms with E-state index in [4.69, 9.17) is 19.4 Å². The molecule has 0 aliphatic rings. The van der Waals surface area contributed by atoms with E-state index in [1.54, 1.807) is 13.8 Å². The van der Waals surface area contributed by atoms with Crippen molar-refractivity contribution < 1.29 is 48.1 Å². The van der Waals surface area contributed by atoms with E-state index in [0.29, 0.717) is 56.6 Å². The molecular weight excluding hydrogens is 1120 g/mol. The van der Waals surface area contributed by atoms with E-state index >= 15 is 0 Å². The van der Waals surface area contributed by atoms with E-state index < -0.39 is 23.9 Å². The Morgan fingerprint density at radius 1 is 0.360 bits per heavy atom. The number of hydrogen-bond acceptors (Lipinski definition) is 16. The van der Waals surface area contributed by atoms with Crippen LogP contribution in [-0.4, -0.2) is 67.4 Å². The topological polar surface area (TPSA) is 199 Å². The fourth-order valence-electron chi connectivity index (χ4n) is 10.4. The lowest BCUT2D eigenvalue weighted by Gasteiger charge is -2.11. The average Bonchev–Trinajstić information content (AvgIpc) is 1.86. The lowest BCUT2D eigenvalue weighted by atomic mass is 9.99. The minimum absolute atomic E-state index is 0.0702. The van der Waals surface area contributed by atoms with Crippen LogP contribution in [0.2, 0.25) is 0 Å². The molecule has 0 unspecified atom stereocenters. The molecule has 0 aliphatic carbocycles. The molecule has 4 heterocycles. The van der Waals surface area contributed by atoms with Crippen LogP contribution < -0.4 is 0 Å². The maximum Gasteiger partial charge on any atom is 0.331 e. The number of benzene rings is 6. The molecule has 0 saturated carbocycles. The number of carbonyl (C=O) groups excluding carboxylic acids is 6. The first-order chi connectivity index (χ1) is 41.6. The van der Waals surface area contributed by atoms with E-state index in [0.717, 1.165) is 116 Å². The molecule has 4 aromatic heterocycles. The smallest absolute Gasteiger partial charge is 0.318 e. The molecular formula is C68H60N6O10S2. The second kappa shape index (κ2) is 26.9. The Bertz CT molecular complexity index is 4080. The number of carbonyl (C=O) groups is 6. The van der Waals surface area contributed by atoms with Gasteiger partial charge in [0.2, 0.25) is 11.6 Å². The van der Waals surface area contributed by atoms with Crippen molar-refractivity contribution in [2.75, 3.05) is 0 Å². The van der Waals surface area contributed by atoms with Gasteiger partial charge in [0, 0.05) is 82.9 Å². The molecule has 0 atom stereocenters. The quantitative estimate of drug-likeness (QED) is 0.0195. The third-order valence-electron chi connectivity index (χ3n) is 14.6. The van der Waals surface area contributed by atoms with Gasteiger partial charge in [-0.05, 0) is 158 Å². The lowest BCUT2D eigenvalue weighted by Crippen LogP contribution is -2.05. The summed E-state index contributed by atoms with van der Waals surface area (Å²) >= 11 is 2.79. The zero-order valence-corrected chi connectivity index (χ0v) is 49.9. The van der Waals surface area contributed by atoms with Crippen molar-refractivity contribution in [3.05, 3.63) is 199 Å². The number of rotatable bonds is 23. The summed E-state index contributed by atoms with van der Waals surface area (Å²) in [6.07, 6.45) is 6.23. The van der Waals surface area contributed by atoms with Gasteiger partial charge in [0.05, 0.1) is 54.7 Å². The molecule has 0 amide bonds. The van der Waals surface area contributed by atoms with Crippen LogP contribution in [0.5, 0.6) is 0 Å². The highest BCUT2D eigenvalue weighted by Gasteiger charge is 2.21. The highest BCUT2D eigenvalue weighted by molar-refractivity contribution is 7.12. The van der Waals surface area contributed by atoms with Crippen LogP contribution in [0.15, 0.2) is 177 Å². The van der Waals surface area contributed by atoms with Crippen molar-refractivity contribution in [2.24, 2.45) is 20.6 Å². The van der Waals surface area contributed by atoms with Gasteiger partial charge in [-0.15, -0.1) is 22.7 Å². The molecule has 434 valence electrons. The molecule has 0 saturated heterocycles. The summed E-state index contributed by atoms with van der Waals surface area (Å²) in [5.74, 6) is -2.22. The Labute approximate surface area is 503 Å². The molecule has 0 fully saturated rings. The second-order valence-corrected chi connectivity index (χ2v) is 22.6. The average molecular weight is 1190 g/mol. The third-order valence-corrected chi connectivity index (χ3v) is 16.3. The van der Waals surface area contributed by atoms with Crippen LogP contribution in [0, 0.1) is 0 Å². The van der Waals surface area contributed by atoms with Crippen LogP contribution in [-0.2, 0) is 38.5 Å². The molecule has 18 heteroatoms. The van der Waals surface area contributed by atoms with Gasteiger partial charge in [0.1, 0.15) is 0 Å². The number of fused-ring (bicyclic) bond motifs is 6. The molecule has 0 spiro atoms. The van der Waals surface area contributed by atoms with Crippen molar-refractivity contribution in [2.45, 2.75) is 92.9 Å². The van der Waals surface area contributed by atoms with E-state index in [9.17, 15) is 28.8 Å². The predicted molar refractivity (Wildman–Crippen MR) is 339 cm³/mol. The van der Waals surface area contributed by atoms with Crippen molar-refractivity contribution >= 4 is 125 Å². The number of hydrogen-bond donors (Lipinski definition) is 0. The van der Waals surface area contributed by atoms with Crippen LogP contribution >= 0.6 is 22.7 Å². The molecule has 0 radical (unpaired) electrons. The minimum atomic E-state index is -0.532. The molecule has 6 aromatic carbocycles. The van der Waals surface area contributed by atoms with Crippen LogP contribution in [0.4, 0.5) is 0 Å². The van der Waals surface area contributed by atoms with Crippen LogP contribution in [0.3, 0.4) is 0 Å². The lowest BCUT2D eigenvalue weighted by molar-refractivity contribution is -0.141. The minimum Gasteiger partial charge on any atom is -0.318 e. The van der Waals surface area contributed by atoms with Crippen molar-refractivity contribution in [3.63, 3.8) is 0 Å². The second-order valence-electron chi connectivity index (χ2n) is 20.7. The molecule has 0 N–H and O–H groups in total. The summed E-state index contributed by atoms with van der Waals surface area (Å²) in [4.78, 5) is 96.3. The number of unbranched alkanes of at least 4 members (excludes halogenated alkanes) is 5. The molecule has 86 heavy (non-hydrogen) atoms. The van der Waals surface area contributed by atoms with Crippen molar-refractivity contribution in [1.82, 2.24) is 9.13 Å². The molecule has 10 aromatic rings. The summed E-state index contributed by atoms with van der Waals surface area (Å²) in [6.45, 7) is 8.77. The summed E-state index contributed by atoms with van der Waals surface area (Å²) < 4.78 is 4.26. The maximum atomic E-state index is 13.7. The van der Waals surface area contributed by atoms with Crippen LogP contribution in [0.1, 0.15) is 146 Å². The number of aromatic nitrogens is 2. The highest BCUT2D eigenvalue weighted by Crippen LogP contribution is 2.37. The fourth-order valence-corrected chi connectivity index (χ4v) is 11.8. The summed E-state index contributed by atoms with van der Waals surface area (Å²) in [6, 6.07) is 46.5. The van der Waals surface area contributed by atoms with E-state index in [1.807, 2.05) is 156 Å². The zero-order valence-electron chi connectivity index (χ0n) is 48.3. The summed E-state index contributed by atoms with van der Waals surface area (Å²) in [5.41, 5.74) is 11.8. The monoisotopic (exact) mass is 1180 g/mol. The Morgan fingerprint density at radius 3 is 0.988 bits per heavy atom. The first-order valence-electron chi connectivity index (χ1n) is 28.1. The van der Waals surface area contributed by atoms with Gasteiger partial charge in [-0.25, -0.2) is 19.2 Å². The highest BCUT2D eigenvalue weighted by atomic mass is 32.1. The maximum absolute atomic E-state index is 13.7. The zero-order chi connectivity index (χ0) is 60.4. The van der Waals surface area contributed by atoms with E-state index in [-0.39, 0.29) is 11.6 Å². The third kappa shape index (κ3) is 13.6. The van der Waals surface area contributed by atoms with Gasteiger partial charge >= 0.3 is 23.9 Å². The number of ketones is 2. The Hall–Kier alpha value is -9.78. The molecule has 10 rings (SSSR count). The standard InChI is InChI=1S/C68H60N6O10S2/c1-41(69-81-43(3)75)47-19-27-53(28-20-47)73-61-31-23-49(37-55(61)57-39-51(25-33-63(57)73)67(79)65-17-13-35-85-65)59(71-83-45(5)77)15-11-9-7-8-10-12-16-60(72-84-46(6)78)50-24-32-62-56(38-50)58-40-52(68(80)66-18-14-36-86-66)26-34-64(58)74(62)54-29-21-48(22-30-54)42(2)70-82-44(4)76/h13-14,17-40H,7-12,15-16H2,1-6H3/b69-41+,70-42+,71-59-,72-60-. The van der Waals surface area contributed by atoms with E-state index in [1.165, 1.54) is 50.4 Å². The van der Waals surface area contributed by atoms with Gasteiger partial charge in [-0.1, -0.05) is 94.8 Å². The van der Waals surface area contributed by atoms with Crippen molar-refractivity contribution in [3.8, 4) is 11.4 Å². The fraction of sp³-hybridized carbons (Fsp3) is 0.206. The molecule has 16 nitrogen and oxygen atoms in total. The molecule has 0 aliphatic heterocycles. The largest absolute Gasteiger partial charge is 0.331 e. The van der Waals surface area contributed by atoms with Gasteiger partial charge in [0.15, 0.2) is 0 Å². The first-order valence-corrected chi connectivity index (χ1v) is 29.9. The van der Waals surface area contributed by atoms with Gasteiger partial charge < -0.3 is 28.5 Å². The Kier molecular flexibility index (Phi) is 18.5. The molecule has 0 bridgehead atoms. The predicted octanol–water partition coefficient (Wildman–Crippen LogP) is 15.4. The van der Waals surface area contributed by atoms with Gasteiger partial charge in [-0.3, -0.25) is 9.59 Å². The Balaban J connectivity index is 0.853. The number of nitrogens with zero attached hydrogens (tertiary/aromatic N) is 6. The van der Waals surface area contributed by atoms with Crippen molar-refractivity contribution in [1.29, 1.82) is 0 Å². The first kappa shape index (κ1) is 59.4. The summed E-state index contributed by atoms with van der Waals surface area (Å²) in [7, 11) is 0. The summed E-state index contributed by atoms with van der Waals surface area (Å²) in [5, 5.41) is 23.9. The normalized spacial score (nSPS) is 12.3.